The lowest BCUT2D eigenvalue weighted by Gasteiger charge is -2.22. The molecule has 1 aromatic carbocycles. The Labute approximate surface area is 120 Å². The maximum atomic E-state index is 4.37. The van der Waals surface area contributed by atoms with Gasteiger partial charge in [0.15, 0.2) is 0 Å². The van der Waals surface area contributed by atoms with Gasteiger partial charge in [-0.25, -0.2) is 9.97 Å². The van der Waals surface area contributed by atoms with Crippen molar-refractivity contribution in [2.24, 2.45) is 0 Å². The highest BCUT2D eigenvalue weighted by atomic mass is 15.1. The van der Waals surface area contributed by atoms with Gasteiger partial charge in [0.1, 0.15) is 11.6 Å². The van der Waals surface area contributed by atoms with Crippen LogP contribution in [-0.4, -0.2) is 23.1 Å². The van der Waals surface area contributed by atoms with Crippen molar-refractivity contribution in [2.45, 2.75) is 27.7 Å². The Hall–Kier alpha value is -2.10. The quantitative estimate of drug-likeness (QED) is 0.899. The third kappa shape index (κ3) is 3.26. The van der Waals surface area contributed by atoms with Gasteiger partial charge in [-0.3, -0.25) is 0 Å². The highest BCUT2D eigenvalue weighted by Crippen LogP contribution is 2.24. The van der Waals surface area contributed by atoms with Crippen molar-refractivity contribution in [2.75, 3.05) is 23.3 Å². The highest BCUT2D eigenvalue weighted by molar-refractivity contribution is 5.65. The molecule has 0 aliphatic rings. The zero-order valence-corrected chi connectivity index (χ0v) is 12.6. The van der Waals surface area contributed by atoms with Gasteiger partial charge in [-0.2, -0.15) is 0 Å². The van der Waals surface area contributed by atoms with Gasteiger partial charge in [-0.15, -0.1) is 0 Å². The normalized spacial score (nSPS) is 10.4. The van der Waals surface area contributed by atoms with Crippen LogP contribution in [0.15, 0.2) is 30.5 Å². The number of nitrogens with one attached hydrogen (secondary N) is 1. The first-order valence-electron chi connectivity index (χ1n) is 7.06. The zero-order chi connectivity index (χ0) is 14.5. The van der Waals surface area contributed by atoms with Crippen molar-refractivity contribution < 1.29 is 0 Å². The van der Waals surface area contributed by atoms with E-state index in [9.17, 15) is 0 Å². The van der Waals surface area contributed by atoms with Crippen LogP contribution in [0.4, 0.5) is 17.2 Å². The first-order chi connectivity index (χ1) is 9.63. The van der Waals surface area contributed by atoms with Crippen LogP contribution >= 0.6 is 0 Å². The van der Waals surface area contributed by atoms with E-state index in [0.717, 1.165) is 30.4 Å². The predicted molar refractivity (Wildman–Crippen MR) is 84.8 cm³/mol. The van der Waals surface area contributed by atoms with Crippen LogP contribution in [0.5, 0.6) is 0 Å². The van der Waals surface area contributed by atoms with Crippen molar-refractivity contribution in [1.82, 2.24) is 9.97 Å². The van der Waals surface area contributed by atoms with E-state index in [2.05, 4.69) is 59.2 Å². The summed E-state index contributed by atoms with van der Waals surface area (Å²) in [6, 6.07) is 8.35. The van der Waals surface area contributed by atoms with E-state index in [0.29, 0.717) is 0 Å². The Morgan fingerprint density at radius 3 is 2.45 bits per heavy atom. The Balaban J connectivity index is 2.22. The van der Waals surface area contributed by atoms with E-state index in [1.54, 1.807) is 6.20 Å². The second-order valence-corrected chi connectivity index (χ2v) is 4.79. The van der Waals surface area contributed by atoms with Crippen molar-refractivity contribution in [3.8, 4) is 0 Å². The molecule has 0 atom stereocenters. The first-order valence-corrected chi connectivity index (χ1v) is 7.06. The maximum absolute atomic E-state index is 4.37. The molecule has 2 aromatic rings. The second-order valence-electron chi connectivity index (χ2n) is 4.79. The van der Waals surface area contributed by atoms with Gasteiger partial charge >= 0.3 is 0 Å². The summed E-state index contributed by atoms with van der Waals surface area (Å²) in [5.74, 6) is 1.60. The lowest BCUT2D eigenvalue weighted by atomic mass is 10.1. The molecule has 4 heteroatoms. The van der Waals surface area contributed by atoms with Gasteiger partial charge in [0.05, 0.1) is 0 Å². The Kier molecular flexibility index (Phi) is 4.56. The number of aryl methyl sites for hydroxylation is 2. The van der Waals surface area contributed by atoms with Crippen LogP contribution in [0, 0.1) is 13.8 Å². The molecule has 4 nitrogen and oxygen atoms in total. The first kappa shape index (κ1) is 14.3. The summed E-state index contributed by atoms with van der Waals surface area (Å²) >= 11 is 0. The molecule has 0 spiro atoms. The van der Waals surface area contributed by atoms with E-state index in [1.165, 1.54) is 11.3 Å². The molecule has 1 aromatic heterocycles. The van der Waals surface area contributed by atoms with Crippen LogP contribution in [0.25, 0.3) is 0 Å². The van der Waals surface area contributed by atoms with Crippen LogP contribution < -0.4 is 10.2 Å². The molecule has 106 valence electrons. The Morgan fingerprint density at radius 1 is 1.10 bits per heavy atom. The monoisotopic (exact) mass is 270 g/mol. The minimum absolute atomic E-state index is 0.771. The van der Waals surface area contributed by atoms with Crippen molar-refractivity contribution in [1.29, 1.82) is 0 Å². The fourth-order valence-corrected chi connectivity index (χ4v) is 2.24. The topological polar surface area (TPSA) is 41.0 Å². The van der Waals surface area contributed by atoms with Gasteiger partial charge in [0.25, 0.3) is 0 Å². The van der Waals surface area contributed by atoms with E-state index in [1.807, 2.05) is 13.0 Å². The molecule has 1 N–H and O–H groups in total. The Bertz CT molecular complexity index is 576. The van der Waals surface area contributed by atoms with Gasteiger partial charge < -0.3 is 10.2 Å². The van der Waals surface area contributed by atoms with Crippen LogP contribution in [0.3, 0.4) is 0 Å². The molecule has 0 amide bonds. The Morgan fingerprint density at radius 2 is 1.85 bits per heavy atom. The largest absolute Gasteiger partial charge is 0.372 e. The molecular weight excluding hydrogens is 248 g/mol. The third-order valence-electron chi connectivity index (χ3n) is 3.38. The molecule has 0 fully saturated rings. The third-order valence-corrected chi connectivity index (χ3v) is 3.38. The number of hydrogen-bond acceptors (Lipinski definition) is 4. The molecule has 0 unspecified atom stereocenters. The minimum Gasteiger partial charge on any atom is -0.372 e. The fourth-order valence-electron chi connectivity index (χ4n) is 2.24. The number of nitrogens with zero attached hydrogens (tertiary/aromatic N) is 3. The van der Waals surface area contributed by atoms with Gasteiger partial charge in [0, 0.05) is 30.7 Å². The molecule has 2 rings (SSSR count). The van der Waals surface area contributed by atoms with E-state index < -0.39 is 0 Å². The number of aromatic nitrogens is 2. The summed E-state index contributed by atoms with van der Waals surface area (Å²) in [4.78, 5) is 10.8. The molecule has 20 heavy (non-hydrogen) atoms. The summed E-state index contributed by atoms with van der Waals surface area (Å²) in [5.41, 5.74) is 3.56. The molecule has 1 heterocycles. The maximum Gasteiger partial charge on any atom is 0.134 e. The smallest absolute Gasteiger partial charge is 0.134 e. The summed E-state index contributed by atoms with van der Waals surface area (Å²) < 4.78 is 0. The average Bonchev–Trinajstić information content (AvgIpc) is 2.43. The zero-order valence-electron chi connectivity index (χ0n) is 12.6. The van der Waals surface area contributed by atoms with Crippen molar-refractivity contribution in [3.05, 3.63) is 41.9 Å². The average molecular weight is 270 g/mol. The minimum atomic E-state index is 0.771. The van der Waals surface area contributed by atoms with Crippen LogP contribution in [-0.2, 0) is 0 Å². The molecule has 0 bridgehead atoms. The standard InChI is InChI=1S/C16H22N4/c1-5-20(6-2)14-7-8-15(12(3)11-14)19-16-9-10-17-13(4)18-16/h7-11H,5-6H2,1-4H3,(H,17,18,19). The SMILES string of the molecule is CCN(CC)c1ccc(Nc2ccnc(C)n2)c(C)c1. The van der Waals surface area contributed by atoms with Crippen molar-refractivity contribution >= 4 is 17.2 Å². The van der Waals surface area contributed by atoms with Gasteiger partial charge in [0.2, 0.25) is 0 Å². The molecule has 0 saturated heterocycles. The molecular formula is C16H22N4. The summed E-state index contributed by atoms with van der Waals surface area (Å²) in [6.45, 7) is 10.4. The van der Waals surface area contributed by atoms with Crippen LogP contribution in [0.2, 0.25) is 0 Å². The predicted octanol–water partition coefficient (Wildman–Crippen LogP) is 3.68. The molecule has 0 saturated carbocycles. The lowest BCUT2D eigenvalue weighted by molar-refractivity contribution is 0.866. The summed E-state index contributed by atoms with van der Waals surface area (Å²) in [7, 11) is 0. The number of anilines is 3. The van der Waals surface area contributed by atoms with E-state index >= 15 is 0 Å². The van der Waals surface area contributed by atoms with Crippen molar-refractivity contribution in [3.63, 3.8) is 0 Å². The summed E-state index contributed by atoms with van der Waals surface area (Å²) in [5, 5.41) is 3.35. The molecule has 0 radical (unpaired) electrons. The van der Waals surface area contributed by atoms with Gasteiger partial charge in [-0.1, -0.05) is 0 Å². The summed E-state index contributed by atoms with van der Waals surface area (Å²) in [6.07, 6.45) is 1.77. The van der Waals surface area contributed by atoms with E-state index in [-0.39, 0.29) is 0 Å². The number of rotatable bonds is 5. The van der Waals surface area contributed by atoms with Crippen LogP contribution in [0.1, 0.15) is 25.2 Å². The molecule has 0 aliphatic heterocycles. The fraction of sp³-hybridized carbons (Fsp3) is 0.375. The van der Waals surface area contributed by atoms with Gasteiger partial charge in [-0.05, 0) is 57.5 Å². The second kappa shape index (κ2) is 6.37. The number of hydrogen-bond donors (Lipinski definition) is 1. The number of benzene rings is 1. The lowest BCUT2D eigenvalue weighted by Crippen LogP contribution is -2.21. The van der Waals surface area contributed by atoms with E-state index in [4.69, 9.17) is 0 Å². The molecule has 0 aliphatic carbocycles. The highest BCUT2D eigenvalue weighted by Gasteiger charge is 2.05.